The second-order valence-corrected chi connectivity index (χ2v) is 8.85. The number of aryl methyl sites for hydroxylation is 1. The maximum Gasteiger partial charge on any atom is 0.230 e. The lowest BCUT2D eigenvalue weighted by atomic mass is 10.2. The van der Waals surface area contributed by atoms with Crippen LogP contribution in [0.3, 0.4) is 0 Å². The molecule has 0 spiro atoms. The summed E-state index contributed by atoms with van der Waals surface area (Å²) in [5.74, 6) is 0.332. The number of carbonyl (C=O) groups is 1. The monoisotopic (exact) mass is 393 g/mol. The minimum absolute atomic E-state index is 0.00281. The number of nitrogens with one attached hydrogen (secondary N) is 1. The Hall–Kier alpha value is -1.48. The van der Waals surface area contributed by atoms with Crippen LogP contribution in [0.2, 0.25) is 0 Å². The van der Waals surface area contributed by atoms with Gasteiger partial charge in [0, 0.05) is 4.88 Å². The Morgan fingerprint density at radius 1 is 1.33 bits per heavy atom. The van der Waals surface area contributed by atoms with Crippen LogP contribution < -0.4 is 5.32 Å². The number of aromatic nitrogens is 2. The van der Waals surface area contributed by atoms with Crippen LogP contribution in [-0.4, -0.2) is 21.4 Å². The van der Waals surface area contributed by atoms with Crippen LogP contribution in [0.4, 0.5) is 0 Å². The smallest absolute Gasteiger partial charge is 0.230 e. The number of carbonyl (C=O) groups excluding carboxylic acids is 1. The summed E-state index contributed by atoms with van der Waals surface area (Å²) in [5.41, 5.74) is 2.09. The fourth-order valence-corrected chi connectivity index (χ4v) is 4.87. The lowest BCUT2D eigenvalue weighted by Crippen LogP contribution is -2.24. The van der Waals surface area contributed by atoms with Gasteiger partial charge in [-0.3, -0.25) is 4.79 Å². The Bertz CT molecular complexity index is 883. The number of rotatable bonds is 6. The quantitative estimate of drug-likeness (QED) is 0.497. The van der Waals surface area contributed by atoms with E-state index in [1.54, 1.807) is 16.0 Å². The van der Waals surface area contributed by atoms with Gasteiger partial charge in [0.1, 0.15) is 0 Å². The fraction of sp³-hybridized carbons (Fsp3) is 0.188. The van der Waals surface area contributed by atoms with Gasteiger partial charge in [-0.2, -0.15) is 0 Å². The van der Waals surface area contributed by atoms with E-state index in [9.17, 15) is 4.79 Å². The van der Waals surface area contributed by atoms with E-state index in [4.69, 9.17) is 12.2 Å². The molecule has 0 fully saturated rings. The van der Waals surface area contributed by atoms with Crippen molar-refractivity contribution < 1.29 is 4.79 Å². The molecule has 0 aliphatic carbocycles. The van der Waals surface area contributed by atoms with Gasteiger partial charge in [-0.25, -0.2) is 4.68 Å². The van der Waals surface area contributed by atoms with Gasteiger partial charge in [-0.05, 0) is 42.2 Å². The summed E-state index contributed by atoms with van der Waals surface area (Å²) in [6.07, 6.45) is 0. The summed E-state index contributed by atoms with van der Waals surface area (Å²) in [7, 11) is 0. The van der Waals surface area contributed by atoms with Gasteiger partial charge < -0.3 is 5.32 Å². The van der Waals surface area contributed by atoms with Gasteiger partial charge in [0.15, 0.2) is 8.29 Å². The second-order valence-electron chi connectivity index (χ2n) is 4.98. The third kappa shape index (κ3) is 4.32. The topological polar surface area (TPSA) is 46.9 Å². The number of benzene rings is 1. The molecule has 1 aromatic carbocycles. The van der Waals surface area contributed by atoms with E-state index in [0.717, 1.165) is 20.5 Å². The fourth-order valence-electron chi connectivity index (χ4n) is 2.05. The molecule has 0 bridgehead atoms. The zero-order valence-electron chi connectivity index (χ0n) is 12.9. The Labute approximate surface area is 157 Å². The summed E-state index contributed by atoms with van der Waals surface area (Å²) >= 11 is 9.88. The first kappa shape index (κ1) is 17.3. The molecule has 24 heavy (non-hydrogen) atoms. The molecule has 8 heteroatoms. The SMILES string of the molecule is Cc1ccccc1-n1nc(SCC(=O)NCc2cccs2)sc1=S. The van der Waals surface area contributed by atoms with Crippen LogP contribution in [0.15, 0.2) is 46.1 Å². The van der Waals surface area contributed by atoms with Crippen molar-refractivity contribution in [2.24, 2.45) is 0 Å². The second kappa shape index (κ2) is 8.06. The largest absolute Gasteiger partial charge is 0.350 e. The molecular weight excluding hydrogens is 378 g/mol. The standard InChI is InChI=1S/C16H15N3OS4/c1-11-5-2-3-7-13(11)19-16(21)24-15(18-19)23-10-14(20)17-9-12-6-4-8-22-12/h2-8H,9-10H2,1H3,(H,17,20). The van der Waals surface area contributed by atoms with Crippen molar-refractivity contribution in [3.63, 3.8) is 0 Å². The van der Waals surface area contributed by atoms with Gasteiger partial charge in [0.2, 0.25) is 5.91 Å². The Morgan fingerprint density at radius 3 is 2.92 bits per heavy atom. The summed E-state index contributed by atoms with van der Waals surface area (Å²) < 4.78 is 3.25. The van der Waals surface area contributed by atoms with Crippen LogP contribution in [0.25, 0.3) is 5.69 Å². The van der Waals surface area contributed by atoms with Crippen molar-refractivity contribution >= 4 is 52.6 Å². The van der Waals surface area contributed by atoms with Gasteiger partial charge in [0.05, 0.1) is 18.0 Å². The average molecular weight is 394 g/mol. The van der Waals surface area contributed by atoms with Gasteiger partial charge >= 0.3 is 0 Å². The van der Waals surface area contributed by atoms with Crippen LogP contribution in [0.1, 0.15) is 10.4 Å². The van der Waals surface area contributed by atoms with Crippen molar-refractivity contribution in [3.8, 4) is 5.69 Å². The molecule has 3 aromatic rings. The minimum atomic E-state index is -0.00281. The molecule has 2 aromatic heterocycles. The highest BCUT2D eigenvalue weighted by atomic mass is 32.2. The first-order chi connectivity index (χ1) is 11.6. The van der Waals surface area contributed by atoms with Crippen molar-refractivity contribution in [1.29, 1.82) is 0 Å². The molecular formula is C16H15N3OS4. The number of amides is 1. The van der Waals surface area contributed by atoms with Crippen LogP contribution in [0.5, 0.6) is 0 Å². The zero-order chi connectivity index (χ0) is 16.9. The number of nitrogens with zero attached hydrogens (tertiary/aromatic N) is 2. The van der Waals surface area contributed by atoms with Gasteiger partial charge in [0.25, 0.3) is 0 Å². The molecule has 0 aliphatic rings. The molecule has 124 valence electrons. The van der Waals surface area contributed by atoms with Crippen LogP contribution in [0, 0.1) is 10.9 Å². The van der Waals surface area contributed by atoms with E-state index >= 15 is 0 Å². The number of thiophene rings is 1. The normalized spacial score (nSPS) is 10.7. The maximum atomic E-state index is 11.9. The molecule has 1 N–H and O–H groups in total. The van der Waals surface area contributed by atoms with E-state index in [2.05, 4.69) is 10.4 Å². The maximum absolute atomic E-state index is 11.9. The zero-order valence-corrected chi connectivity index (χ0v) is 16.2. The number of hydrogen-bond donors (Lipinski definition) is 1. The lowest BCUT2D eigenvalue weighted by Gasteiger charge is -2.04. The summed E-state index contributed by atoms with van der Waals surface area (Å²) in [6.45, 7) is 2.60. The first-order valence-electron chi connectivity index (χ1n) is 7.21. The van der Waals surface area contributed by atoms with E-state index < -0.39 is 0 Å². The number of thioether (sulfide) groups is 1. The highest BCUT2D eigenvalue weighted by Gasteiger charge is 2.10. The lowest BCUT2D eigenvalue weighted by molar-refractivity contribution is -0.118. The first-order valence-corrected chi connectivity index (χ1v) is 10.3. The third-order valence-corrected chi connectivity index (χ3v) is 6.48. The van der Waals surface area contributed by atoms with Crippen molar-refractivity contribution in [2.75, 3.05) is 5.75 Å². The molecule has 1 amide bonds. The van der Waals surface area contributed by atoms with Crippen molar-refractivity contribution in [3.05, 3.63) is 56.2 Å². The van der Waals surface area contributed by atoms with Gasteiger partial charge in [-0.15, -0.1) is 16.4 Å². The Kier molecular flexibility index (Phi) is 5.83. The molecule has 0 saturated heterocycles. The molecule has 3 rings (SSSR count). The summed E-state index contributed by atoms with van der Waals surface area (Å²) in [6, 6.07) is 12.0. The Balaban J connectivity index is 1.60. The molecule has 0 unspecified atom stereocenters. The molecule has 2 heterocycles. The molecule has 4 nitrogen and oxygen atoms in total. The predicted molar refractivity (Wildman–Crippen MR) is 104 cm³/mol. The molecule has 0 atom stereocenters. The summed E-state index contributed by atoms with van der Waals surface area (Å²) in [5, 5.41) is 9.45. The average Bonchev–Trinajstić information content (AvgIpc) is 3.21. The van der Waals surface area contributed by atoms with Crippen LogP contribution in [-0.2, 0) is 11.3 Å². The predicted octanol–water partition coefficient (Wildman–Crippen LogP) is 4.44. The number of hydrogen-bond acceptors (Lipinski definition) is 6. The van der Waals surface area contributed by atoms with E-state index in [1.807, 2.05) is 48.7 Å². The highest BCUT2D eigenvalue weighted by molar-refractivity contribution is 8.01. The number of para-hydroxylation sites is 1. The molecule has 0 aliphatic heterocycles. The third-order valence-electron chi connectivity index (χ3n) is 3.24. The van der Waals surface area contributed by atoms with E-state index in [1.165, 1.54) is 23.1 Å². The van der Waals surface area contributed by atoms with Crippen molar-refractivity contribution in [2.45, 2.75) is 17.8 Å². The Morgan fingerprint density at radius 2 is 2.17 bits per heavy atom. The highest BCUT2D eigenvalue weighted by Crippen LogP contribution is 2.25. The van der Waals surface area contributed by atoms with E-state index in [-0.39, 0.29) is 5.91 Å². The van der Waals surface area contributed by atoms with E-state index in [0.29, 0.717) is 16.3 Å². The molecule has 0 saturated carbocycles. The van der Waals surface area contributed by atoms with Crippen molar-refractivity contribution in [1.82, 2.24) is 15.1 Å². The molecule has 0 radical (unpaired) electrons. The minimum Gasteiger partial charge on any atom is -0.350 e. The van der Waals surface area contributed by atoms with Crippen LogP contribution >= 0.6 is 46.7 Å². The van der Waals surface area contributed by atoms with Gasteiger partial charge in [-0.1, -0.05) is 47.4 Å². The summed E-state index contributed by atoms with van der Waals surface area (Å²) in [4.78, 5) is 13.1.